The minimum Gasteiger partial charge on any atom is -0.325 e. The fourth-order valence-corrected chi connectivity index (χ4v) is 5.23. The molecule has 0 bridgehead atoms. The molecule has 3 aromatic rings. The molecule has 1 atom stereocenters. The first-order valence-electron chi connectivity index (χ1n) is 8.99. The maximum Gasteiger partial charge on any atom is 0.250 e. The summed E-state index contributed by atoms with van der Waals surface area (Å²) in [5, 5.41) is 2.79. The molecule has 0 radical (unpaired) electrons. The van der Waals surface area contributed by atoms with Gasteiger partial charge in [0.15, 0.2) is 0 Å². The largest absolute Gasteiger partial charge is 0.325 e. The zero-order chi connectivity index (χ0) is 20.0. The number of anilines is 1. The molecule has 1 aromatic heterocycles. The molecule has 1 amide bonds. The van der Waals surface area contributed by atoms with Crippen LogP contribution in [0.25, 0.3) is 0 Å². The van der Waals surface area contributed by atoms with E-state index in [1.165, 1.54) is 11.3 Å². The molecule has 0 saturated heterocycles. The van der Waals surface area contributed by atoms with Crippen molar-refractivity contribution in [3.8, 4) is 0 Å². The van der Waals surface area contributed by atoms with E-state index in [1.54, 1.807) is 24.3 Å². The fourth-order valence-electron chi connectivity index (χ4n) is 2.73. The number of rotatable bonds is 8. The Morgan fingerprint density at radius 3 is 2.21 bits per heavy atom. The van der Waals surface area contributed by atoms with Crippen molar-refractivity contribution >= 4 is 33.0 Å². The zero-order valence-corrected chi connectivity index (χ0v) is 17.1. The molecule has 0 saturated carbocycles. The number of hydrogen-bond donors (Lipinski definition) is 2. The van der Waals surface area contributed by atoms with Crippen molar-refractivity contribution in [3.05, 3.63) is 83.2 Å². The predicted octanol–water partition coefficient (Wildman–Crippen LogP) is 3.84. The topological polar surface area (TPSA) is 75.3 Å². The maximum absolute atomic E-state index is 12.9. The molecule has 0 aliphatic heterocycles. The second-order valence-corrected chi connectivity index (χ2v) is 9.40. The second-order valence-electron chi connectivity index (χ2n) is 6.29. The van der Waals surface area contributed by atoms with Gasteiger partial charge in [0, 0.05) is 10.6 Å². The Morgan fingerprint density at radius 2 is 1.61 bits per heavy atom. The number of aryl methyl sites for hydroxylation is 1. The van der Waals surface area contributed by atoms with Gasteiger partial charge in [-0.05, 0) is 42.7 Å². The molecule has 0 aliphatic rings. The Hall–Kier alpha value is -2.48. The number of carbonyl (C=O) groups is 1. The van der Waals surface area contributed by atoms with Crippen LogP contribution in [0.3, 0.4) is 0 Å². The number of benzene rings is 2. The third-order valence-corrected chi connectivity index (χ3v) is 7.38. The molecule has 2 aromatic carbocycles. The summed E-state index contributed by atoms with van der Waals surface area (Å²) in [6.07, 6.45) is 1.02. The normalized spacial score (nSPS) is 12.5. The Balaban J connectivity index is 1.83. The number of nitrogens with one attached hydrogen (secondary N) is 2. The maximum atomic E-state index is 12.9. The number of sulfonamides is 1. The van der Waals surface area contributed by atoms with E-state index in [4.69, 9.17) is 0 Å². The van der Waals surface area contributed by atoms with Crippen LogP contribution in [0.5, 0.6) is 0 Å². The molecule has 146 valence electrons. The summed E-state index contributed by atoms with van der Waals surface area (Å²) < 4.78 is 28.5. The molecular formula is C21H22N2O3S2. The van der Waals surface area contributed by atoms with Crippen molar-refractivity contribution in [1.82, 2.24) is 4.72 Å². The van der Waals surface area contributed by atoms with Crippen LogP contribution >= 0.6 is 11.3 Å². The van der Waals surface area contributed by atoms with Crippen LogP contribution in [0, 0.1) is 0 Å². The van der Waals surface area contributed by atoms with Gasteiger partial charge >= 0.3 is 0 Å². The first-order valence-corrected chi connectivity index (χ1v) is 11.3. The Labute approximate surface area is 169 Å². The van der Waals surface area contributed by atoms with E-state index < -0.39 is 22.0 Å². The quantitative estimate of drug-likeness (QED) is 0.588. The lowest BCUT2D eigenvalue weighted by molar-refractivity contribution is -0.117. The highest BCUT2D eigenvalue weighted by Gasteiger charge is 2.27. The van der Waals surface area contributed by atoms with E-state index in [0.717, 1.165) is 16.9 Å². The molecule has 5 nitrogen and oxygen atoms in total. The smallest absolute Gasteiger partial charge is 0.250 e. The minimum atomic E-state index is -3.80. The van der Waals surface area contributed by atoms with Crippen LogP contribution in [-0.2, 0) is 27.7 Å². The molecule has 1 heterocycles. The molecule has 28 heavy (non-hydrogen) atoms. The number of thiophene rings is 1. The molecule has 0 fully saturated rings. The Morgan fingerprint density at radius 1 is 0.964 bits per heavy atom. The van der Waals surface area contributed by atoms with Crippen molar-refractivity contribution in [3.63, 3.8) is 0 Å². The first-order chi connectivity index (χ1) is 13.5. The monoisotopic (exact) mass is 414 g/mol. The average Bonchev–Trinajstić information content (AvgIpc) is 3.19. The van der Waals surface area contributed by atoms with Crippen LogP contribution in [0.1, 0.15) is 17.4 Å². The highest BCUT2D eigenvalue weighted by Crippen LogP contribution is 2.22. The van der Waals surface area contributed by atoms with Crippen LogP contribution in [0.15, 0.2) is 77.0 Å². The van der Waals surface area contributed by atoms with Crippen molar-refractivity contribution in [1.29, 1.82) is 0 Å². The summed E-state index contributed by atoms with van der Waals surface area (Å²) in [5.74, 6) is -0.397. The average molecular weight is 415 g/mol. The van der Waals surface area contributed by atoms with Crippen molar-refractivity contribution in [2.75, 3.05) is 5.32 Å². The molecule has 7 heteroatoms. The molecular weight excluding hydrogens is 392 g/mol. The summed E-state index contributed by atoms with van der Waals surface area (Å²) in [7, 11) is -3.80. The fraction of sp³-hybridized carbons (Fsp3) is 0.190. The minimum absolute atomic E-state index is 0.218. The first kappa shape index (κ1) is 20.3. The molecule has 3 rings (SSSR count). The number of hydrogen-bond acceptors (Lipinski definition) is 4. The highest BCUT2D eigenvalue weighted by molar-refractivity contribution is 7.91. The number of amides is 1. The van der Waals surface area contributed by atoms with E-state index >= 15 is 0 Å². The van der Waals surface area contributed by atoms with E-state index in [-0.39, 0.29) is 10.6 Å². The summed E-state index contributed by atoms with van der Waals surface area (Å²) in [6, 6.07) is 20.8. The van der Waals surface area contributed by atoms with Gasteiger partial charge < -0.3 is 5.32 Å². The third-order valence-electron chi connectivity index (χ3n) is 4.19. The van der Waals surface area contributed by atoms with Gasteiger partial charge in [-0.25, -0.2) is 8.42 Å². The van der Waals surface area contributed by atoms with Crippen molar-refractivity contribution in [2.24, 2.45) is 0 Å². The standard InChI is InChI=1S/C21H22N2O3S2/c1-2-18-13-14-20(27-18)28(25,26)23-19(15-16-9-5-3-6-10-16)21(24)22-17-11-7-4-8-12-17/h3-14,19,23H,2,15H2,1H3,(H,22,24). The van der Waals surface area contributed by atoms with E-state index in [2.05, 4.69) is 10.0 Å². The molecule has 0 aliphatic carbocycles. The second kappa shape index (κ2) is 9.14. The van der Waals surface area contributed by atoms with Gasteiger partial charge in [-0.2, -0.15) is 4.72 Å². The summed E-state index contributed by atoms with van der Waals surface area (Å²) >= 11 is 1.22. The highest BCUT2D eigenvalue weighted by atomic mass is 32.2. The van der Waals surface area contributed by atoms with Gasteiger partial charge in [-0.15, -0.1) is 11.3 Å². The SMILES string of the molecule is CCc1ccc(S(=O)(=O)NC(Cc2ccccc2)C(=O)Nc2ccccc2)s1. The predicted molar refractivity (Wildman–Crippen MR) is 113 cm³/mol. The van der Waals surface area contributed by atoms with Crippen LogP contribution in [0.2, 0.25) is 0 Å². The number of carbonyl (C=O) groups excluding carboxylic acids is 1. The van der Waals surface area contributed by atoms with Crippen LogP contribution < -0.4 is 10.0 Å². The van der Waals surface area contributed by atoms with Gasteiger partial charge in [-0.1, -0.05) is 55.5 Å². The van der Waals surface area contributed by atoms with Gasteiger partial charge in [0.25, 0.3) is 10.0 Å². The Kier molecular flexibility index (Phi) is 6.61. The van der Waals surface area contributed by atoms with E-state index in [0.29, 0.717) is 5.69 Å². The lowest BCUT2D eigenvalue weighted by Gasteiger charge is -2.18. The van der Waals surface area contributed by atoms with Crippen LogP contribution in [-0.4, -0.2) is 20.4 Å². The van der Waals surface area contributed by atoms with Gasteiger partial charge in [0.1, 0.15) is 10.3 Å². The summed E-state index contributed by atoms with van der Waals surface area (Å²) in [4.78, 5) is 13.8. The molecule has 1 unspecified atom stereocenters. The third kappa shape index (κ3) is 5.28. The lowest BCUT2D eigenvalue weighted by atomic mass is 10.1. The van der Waals surface area contributed by atoms with E-state index in [9.17, 15) is 13.2 Å². The summed E-state index contributed by atoms with van der Waals surface area (Å²) in [6.45, 7) is 1.97. The van der Waals surface area contributed by atoms with Crippen molar-refractivity contribution < 1.29 is 13.2 Å². The Bertz CT molecular complexity index is 1020. The van der Waals surface area contributed by atoms with Crippen LogP contribution in [0.4, 0.5) is 5.69 Å². The van der Waals surface area contributed by atoms with Gasteiger partial charge in [0.2, 0.25) is 5.91 Å². The van der Waals surface area contributed by atoms with E-state index in [1.807, 2.05) is 55.5 Å². The molecule has 2 N–H and O–H groups in total. The summed E-state index contributed by atoms with van der Waals surface area (Å²) in [5.41, 5.74) is 1.49. The lowest BCUT2D eigenvalue weighted by Crippen LogP contribution is -2.45. The van der Waals surface area contributed by atoms with Crippen molar-refractivity contribution in [2.45, 2.75) is 30.0 Å². The molecule has 0 spiro atoms. The van der Waals surface area contributed by atoms with Gasteiger partial charge in [-0.3, -0.25) is 4.79 Å². The number of para-hydroxylation sites is 1. The van der Waals surface area contributed by atoms with Gasteiger partial charge in [0.05, 0.1) is 0 Å². The zero-order valence-electron chi connectivity index (χ0n) is 15.5.